The molecule has 0 atom stereocenters. The third-order valence-corrected chi connectivity index (χ3v) is 2.37. The Balaban J connectivity index is 2.62. The lowest BCUT2D eigenvalue weighted by Crippen LogP contribution is -1.99. The van der Waals surface area contributed by atoms with E-state index in [0.717, 1.165) is 22.6 Å². The Morgan fingerprint density at radius 1 is 1.13 bits per heavy atom. The van der Waals surface area contributed by atoms with Crippen LogP contribution in [0.4, 0.5) is 0 Å². The van der Waals surface area contributed by atoms with Gasteiger partial charge in [-0.15, -0.1) is 0 Å². The minimum Gasteiger partial charge on any atom is -0.506 e. The number of benzene rings is 1. The summed E-state index contributed by atoms with van der Waals surface area (Å²) in [6, 6.07) is 7.49. The SMILES string of the molecule is Cc1ccc(O)c(-n2nc(C)cc2C)c1. The van der Waals surface area contributed by atoms with Crippen molar-refractivity contribution < 1.29 is 5.11 Å². The second-order valence-electron chi connectivity index (χ2n) is 3.83. The van der Waals surface area contributed by atoms with E-state index in [1.807, 2.05) is 39.0 Å². The molecular formula is C12H14N2O. The van der Waals surface area contributed by atoms with Gasteiger partial charge in [0.2, 0.25) is 0 Å². The maximum atomic E-state index is 9.76. The normalized spacial score (nSPS) is 10.6. The monoisotopic (exact) mass is 202 g/mol. The van der Waals surface area contributed by atoms with Crippen molar-refractivity contribution >= 4 is 0 Å². The van der Waals surface area contributed by atoms with Gasteiger partial charge in [0, 0.05) is 5.69 Å². The van der Waals surface area contributed by atoms with Gasteiger partial charge in [0.25, 0.3) is 0 Å². The number of rotatable bonds is 1. The van der Waals surface area contributed by atoms with E-state index in [1.54, 1.807) is 10.7 Å². The molecule has 0 aliphatic heterocycles. The molecule has 0 bridgehead atoms. The zero-order valence-electron chi connectivity index (χ0n) is 9.15. The van der Waals surface area contributed by atoms with E-state index in [-0.39, 0.29) is 5.75 Å². The summed E-state index contributed by atoms with van der Waals surface area (Å²) in [5.41, 5.74) is 3.82. The minimum atomic E-state index is 0.256. The molecule has 1 N–H and O–H groups in total. The van der Waals surface area contributed by atoms with Gasteiger partial charge in [-0.1, -0.05) is 6.07 Å². The summed E-state index contributed by atoms with van der Waals surface area (Å²) in [6.45, 7) is 5.91. The van der Waals surface area contributed by atoms with E-state index in [1.165, 1.54) is 0 Å². The van der Waals surface area contributed by atoms with Crippen molar-refractivity contribution in [2.45, 2.75) is 20.8 Å². The number of aromatic hydroxyl groups is 1. The van der Waals surface area contributed by atoms with Gasteiger partial charge in [-0.2, -0.15) is 5.10 Å². The quantitative estimate of drug-likeness (QED) is 0.771. The molecule has 1 heterocycles. The van der Waals surface area contributed by atoms with Gasteiger partial charge in [0.15, 0.2) is 0 Å². The summed E-state index contributed by atoms with van der Waals surface area (Å²) in [5, 5.41) is 14.1. The molecule has 15 heavy (non-hydrogen) atoms. The van der Waals surface area contributed by atoms with E-state index in [2.05, 4.69) is 5.10 Å². The van der Waals surface area contributed by atoms with Crippen LogP contribution >= 0.6 is 0 Å². The second-order valence-corrected chi connectivity index (χ2v) is 3.83. The number of hydrogen-bond acceptors (Lipinski definition) is 2. The average Bonchev–Trinajstić information content (AvgIpc) is 2.50. The van der Waals surface area contributed by atoms with Crippen molar-refractivity contribution in [1.82, 2.24) is 9.78 Å². The minimum absolute atomic E-state index is 0.256. The van der Waals surface area contributed by atoms with Crippen LogP contribution in [0.2, 0.25) is 0 Å². The second kappa shape index (κ2) is 3.42. The molecule has 3 heteroatoms. The zero-order chi connectivity index (χ0) is 11.0. The van der Waals surface area contributed by atoms with Crippen LogP contribution in [0.5, 0.6) is 5.75 Å². The Labute approximate surface area is 89.0 Å². The third kappa shape index (κ3) is 1.73. The molecule has 0 aliphatic rings. The summed E-state index contributed by atoms with van der Waals surface area (Å²) in [7, 11) is 0. The molecule has 0 spiro atoms. The van der Waals surface area contributed by atoms with Crippen molar-refractivity contribution in [3.63, 3.8) is 0 Å². The van der Waals surface area contributed by atoms with Crippen LogP contribution in [0, 0.1) is 20.8 Å². The first-order chi connectivity index (χ1) is 7.08. The molecule has 1 aromatic carbocycles. The summed E-state index contributed by atoms with van der Waals surface area (Å²) in [5.74, 6) is 0.256. The van der Waals surface area contributed by atoms with Crippen LogP contribution in [-0.4, -0.2) is 14.9 Å². The average molecular weight is 202 g/mol. The lowest BCUT2D eigenvalue weighted by Gasteiger charge is -2.07. The van der Waals surface area contributed by atoms with E-state index < -0.39 is 0 Å². The molecule has 0 saturated heterocycles. The molecule has 0 aliphatic carbocycles. The van der Waals surface area contributed by atoms with Gasteiger partial charge in [0.05, 0.1) is 5.69 Å². The van der Waals surface area contributed by atoms with E-state index >= 15 is 0 Å². The van der Waals surface area contributed by atoms with E-state index in [0.29, 0.717) is 0 Å². The maximum absolute atomic E-state index is 9.76. The van der Waals surface area contributed by atoms with Gasteiger partial charge >= 0.3 is 0 Å². The Bertz CT molecular complexity index is 500. The number of aryl methyl sites for hydroxylation is 3. The van der Waals surface area contributed by atoms with Gasteiger partial charge in [-0.05, 0) is 44.5 Å². The maximum Gasteiger partial charge on any atom is 0.141 e. The van der Waals surface area contributed by atoms with Crippen molar-refractivity contribution in [2.75, 3.05) is 0 Å². The Morgan fingerprint density at radius 2 is 1.87 bits per heavy atom. The molecule has 0 radical (unpaired) electrons. The topological polar surface area (TPSA) is 38.0 Å². The summed E-state index contributed by atoms with van der Waals surface area (Å²) in [4.78, 5) is 0. The van der Waals surface area contributed by atoms with Crippen LogP contribution in [0.1, 0.15) is 17.0 Å². The van der Waals surface area contributed by atoms with E-state index in [4.69, 9.17) is 0 Å². The first-order valence-corrected chi connectivity index (χ1v) is 4.91. The highest BCUT2D eigenvalue weighted by molar-refractivity contribution is 5.48. The molecule has 0 amide bonds. The molecule has 0 fully saturated rings. The molecular weight excluding hydrogens is 188 g/mol. The molecule has 0 saturated carbocycles. The van der Waals surface area contributed by atoms with Crippen molar-refractivity contribution in [1.29, 1.82) is 0 Å². The van der Waals surface area contributed by atoms with Crippen LogP contribution in [0.15, 0.2) is 24.3 Å². The smallest absolute Gasteiger partial charge is 0.141 e. The third-order valence-electron chi connectivity index (χ3n) is 2.37. The first-order valence-electron chi connectivity index (χ1n) is 4.91. The summed E-state index contributed by atoms with van der Waals surface area (Å²) in [6.07, 6.45) is 0. The molecule has 78 valence electrons. The van der Waals surface area contributed by atoms with Crippen molar-refractivity contribution in [3.05, 3.63) is 41.2 Å². The fourth-order valence-corrected chi connectivity index (χ4v) is 1.68. The number of phenols is 1. The van der Waals surface area contributed by atoms with Crippen LogP contribution in [-0.2, 0) is 0 Å². The fraction of sp³-hybridized carbons (Fsp3) is 0.250. The summed E-state index contributed by atoms with van der Waals surface area (Å²) >= 11 is 0. The fourth-order valence-electron chi connectivity index (χ4n) is 1.68. The lowest BCUT2D eigenvalue weighted by molar-refractivity contribution is 0.469. The molecule has 2 aromatic rings. The number of aromatic nitrogens is 2. The van der Waals surface area contributed by atoms with Crippen LogP contribution in [0.25, 0.3) is 5.69 Å². The van der Waals surface area contributed by atoms with Crippen LogP contribution in [0.3, 0.4) is 0 Å². The van der Waals surface area contributed by atoms with Gasteiger partial charge < -0.3 is 5.11 Å². The Morgan fingerprint density at radius 3 is 2.47 bits per heavy atom. The molecule has 2 rings (SSSR count). The van der Waals surface area contributed by atoms with Gasteiger partial charge in [-0.25, -0.2) is 4.68 Å². The Hall–Kier alpha value is -1.77. The van der Waals surface area contributed by atoms with Gasteiger partial charge in [-0.3, -0.25) is 0 Å². The van der Waals surface area contributed by atoms with E-state index in [9.17, 15) is 5.11 Å². The van der Waals surface area contributed by atoms with Crippen molar-refractivity contribution in [3.8, 4) is 11.4 Å². The molecule has 0 unspecified atom stereocenters. The van der Waals surface area contributed by atoms with Crippen LogP contribution < -0.4 is 0 Å². The largest absolute Gasteiger partial charge is 0.506 e. The standard InChI is InChI=1S/C12H14N2O/c1-8-4-5-12(15)11(6-8)14-10(3)7-9(2)13-14/h4-7,15H,1-3H3. The van der Waals surface area contributed by atoms with Crippen molar-refractivity contribution in [2.24, 2.45) is 0 Å². The Kier molecular flexibility index (Phi) is 2.23. The predicted molar refractivity (Wildman–Crippen MR) is 59.4 cm³/mol. The highest BCUT2D eigenvalue weighted by Crippen LogP contribution is 2.23. The molecule has 3 nitrogen and oxygen atoms in total. The van der Waals surface area contributed by atoms with Gasteiger partial charge in [0.1, 0.15) is 11.4 Å². The number of phenolic OH excluding ortho intramolecular Hbond substituents is 1. The highest BCUT2D eigenvalue weighted by Gasteiger charge is 2.08. The molecule has 1 aromatic heterocycles. The number of hydrogen-bond donors (Lipinski definition) is 1. The predicted octanol–water partition coefficient (Wildman–Crippen LogP) is 2.50. The highest BCUT2D eigenvalue weighted by atomic mass is 16.3. The summed E-state index contributed by atoms with van der Waals surface area (Å²) < 4.78 is 1.76. The number of nitrogens with zero attached hydrogens (tertiary/aromatic N) is 2. The first kappa shape index (κ1) is 9.77. The zero-order valence-corrected chi connectivity index (χ0v) is 9.15. The lowest BCUT2D eigenvalue weighted by atomic mass is 10.2.